The van der Waals surface area contributed by atoms with E-state index in [-0.39, 0.29) is 42.2 Å². The van der Waals surface area contributed by atoms with Gasteiger partial charge in [-0.2, -0.15) is 0 Å². The largest absolute Gasteiger partial charge is 0.477 e. The van der Waals surface area contributed by atoms with E-state index >= 15 is 0 Å². The number of carbonyl (C=O) groups excluding carboxylic acids is 4. The third-order valence-corrected chi connectivity index (χ3v) is 10.1. The van der Waals surface area contributed by atoms with Crippen molar-refractivity contribution in [1.29, 1.82) is 0 Å². The van der Waals surface area contributed by atoms with Crippen LogP contribution in [-0.2, 0) is 30.4 Å². The Bertz CT molecular complexity index is 1790. The van der Waals surface area contributed by atoms with E-state index in [1.165, 1.54) is 13.0 Å². The number of carboxylic acids is 1. The summed E-state index contributed by atoms with van der Waals surface area (Å²) < 4.78 is 0. The fraction of sp³-hybridized carbons (Fsp3) is 0.359. The number of nitrogens with zero attached hydrogens (tertiary/aromatic N) is 2. The number of aliphatic carboxylic acids is 1. The van der Waals surface area contributed by atoms with Gasteiger partial charge in [0, 0.05) is 42.0 Å². The first-order chi connectivity index (χ1) is 24.4. The van der Waals surface area contributed by atoms with Crippen molar-refractivity contribution < 1.29 is 29.1 Å². The number of anilines is 1. The van der Waals surface area contributed by atoms with Crippen LogP contribution in [0.15, 0.2) is 78.5 Å². The minimum absolute atomic E-state index is 0.161. The van der Waals surface area contributed by atoms with Gasteiger partial charge in [0.25, 0.3) is 5.91 Å². The van der Waals surface area contributed by atoms with Crippen LogP contribution in [0.4, 0.5) is 5.69 Å². The lowest BCUT2D eigenvalue weighted by atomic mass is 9.81. The van der Waals surface area contributed by atoms with Crippen LogP contribution in [0.5, 0.6) is 0 Å². The van der Waals surface area contributed by atoms with Gasteiger partial charge >= 0.3 is 5.97 Å². The van der Waals surface area contributed by atoms with E-state index in [0.29, 0.717) is 59.1 Å². The molecule has 4 amide bonds. The topological polar surface area (TPSA) is 136 Å². The van der Waals surface area contributed by atoms with Gasteiger partial charge < -0.3 is 20.6 Å². The van der Waals surface area contributed by atoms with Crippen molar-refractivity contribution in [3.63, 3.8) is 0 Å². The maximum atomic E-state index is 14.4. The maximum absolute atomic E-state index is 14.4. The van der Waals surface area contributed by atoms with E-state index in [1.54, 1.807) is 70.5 Å². The maximum Gasteiger partial charge on any atom is 0.352 e. The molecule has 1 saturated heterocycles. The molecule has 3 aromatic carbocycles. The molecule has 1 aliphatic carbocycles. The number of carboxylic acid groups (broad SMARTS) is 1. The zero-order valence-electron chi connectivity index (χ0n) is 28.7. The van der Waals surface area contributed by atoms with Gasteiger partial charge in [-0.3, -0.25) is 24.1 Å². The molecule has 0 aromatic heterocycles. The average Bonchev–Trinajstić information content (AvgIpc) is 3.69. The second-order valence-electron chi connectivity index (χ2n) is 13.2. The van der Waals surface area contributed by atoms with Crippen molar-refractivity contribution in [2.45, 2.75) is 77.4 Å². The molecule has 1 heterocycles. The summed E-state index contributed by atoms with van der Waals surface area (Å²) in [5.41, 5.74) is 1.50. The Labute approximate surface area is 307 Å². The van der Waals surface area contributed by atoms with Gasteiger partial charge in [0.2, 0.25) is 17.7 Å². The number of benzene rings is 3. The third-order valence-electron chi connectivity index (χ3n) is 9.61. The molecule has 10 nitrogen and oxygen atoms in total. The van der Waals surface area contributed by atoms with Gasteiger partial charge in [-0.05, 0) is 84.8 Å². The molecule has 0 bridgehead atoms. The summed E-state index contributed by atoms with van der Waals surface area (Å²) in [5.74, 6) is -2.30. The van der Waals surface area contributed by atoms with Crippen molar-refractivity contribution >= 4 is 64.6 Å². The van der Waals surface area contributed by atoms with Gasteiger partial charge in [0.1, 0.15) is 17.9 Å². The quantitative estimate of drug-likeness (QED) is 0.164. The fourth-order valence-corrected chi connectivity index (χ4v) is 7.27. The molecular weight excluding hydrogens is 691 g/mol. The monoisotopic (exact) mass is 732 g/mol. The summed E-state index contributed by atoms with van der Waals surface area (Å²) >= 11 is 12.4. The standard InChI is InChI=1S/C39H42Cl2N4O6/c1-3-6-34(47)45-33(24-27-7-13-29(40)14-8-27)36(48)44(35(45)28-11-15-30(41)16-12-28)31-17-9-26(10-18-31)23-32(37(49)50)43-38(51)39(19-4-5-20-39)21-22-42-25(2)46/h7-18,23,33,35H,3-6,19-22,24H2,1-2H3,(H,42,46)(H,43,51)(H,49,50). The molecule has 2 unspecified atom stereocenters. The molecule has 0 radical (unpaired) electrons. The average molecular weight is 734 g/mol. The van der Waals surface area contributed by atoms with E-state index in [2.05, 4.69) is 10.6 Å². The van der Waals surface area contributed by atoms with E-state index < -0.39 is 23.6 Å². The molecule has 1 aliphatic heterocycles. The van der Waals surface area contributed by atoms with Gasteiger partial charge in [-0.15, -0.1) is 0 Å². The highest BCUT2D eigenvalue weighted by molar-refractivity contribution is 6.30. The molecule has 2 aliphatic rings. The highest BCUT2D eigenvalue weighted by atomic mass is 35.5. The second-order valence-corrected chi connectivity index (χ2v) is 14.0. The molecule has 5 rings (SSSR count). The number of hydrogen-bond donors (Lipinski definition) is 3. The van der Waals surface area contributed by atoms with Gasteiger partial charge in [-0.25, -0.2) is 4.79 Å². The minimum Gasteiger partial charge on any atom is -0.477 e. The van der Waals surface area contributed by atoms with Crippen molar-refractivity contribution in [3.05, 3.63) is 105 Å². The lowest BCUT2D eigenvalue weighted by molar-refractivity contribution is -0.137. The summed E-state index contributed by atoms with van der Waals surface area (Å²) in [6.45, 7) is 3.65. The highest BCUT2D eigenvalue weighted by Gasteiger charge is 2.49. The summed E-state index contributed by atoms with van der Waals surface area (Å²) in [6.07, 6.45) is 5.06. The Balaban J connectivity index is 1.46. The zero-order chi connectivity index (χ0) is 36.7. The smallest absolute Gasteiger partial charge is 0.352 e. The predicted octanol–water partition coefficient (Wildman–Crippen LogP) is 6.91. The van der Waals surface area contributed by atoms with Crippen LogP contribution in [0.3, 0.4) is 0 Å². The summed E-state index contributed by atoms with van der Waals surface area (Å²) in [4.78, 5) is 68.7. The first-order valence-electron chi connectivity index (χ1n) is 17.2. The molecule has 1 saturated carbocycles. The van der Waals surface area contributed by atoms with Crippen molar-refractivity contribution in [2.24, 2.45) is 5.41 Å². The zero-order valence-corrected chi connectivity index (χ0v) is 30.2. The highest BCUT2D eigenvalue weighted by Crippen LogP contribution is 2.42. The van der Waals surface area contributed by atoms with Crippen LogP contribution >= 0.6 is 23.2 Å². The molecular formula is C39H42Cl2N4O6. The Morgan fingerprint density at radius 2 is 1.53 bits per heavy atom. The fourth-order valence-electron chi connectivity index (χ4n) is 7.01. The molecule has 268 valence electrons. The molecule has 0 spiro atoms. The lowest BCUT2D eigenvalue weighted by Crippen LogP contribution is -2.42. The summed E-state index contributed by atoms with van der Waals surface area (Å²) in [6, 6.07) is 20.2. The molecule has 12 heteroatoms. The molecule has 2 atom stereocenters. The molecule has 2 fully saturated rings. The number of nitrogens with one attached hydrogen (secondary N) is 2. The first-order valence-corrected chi connectivity index (χ1v) is 17.9. The normalized spacial score (nSPS) is 18.5. The first kappa shape index (κ1) is 37.6. The van der Waals surface area contributed by atoms with Crippen LogP contribution in [0.25, 0.3) is 6.08 Å². The van der Waals surface area contributed by atoms with Crippen LogP contribution in [-0.4, -0.2) is 52.2 Å². The third kappa shape index (κ3) is 8.80. The van der Waals surface area contributed by atoms with Crippen LogP contribution in [0.2, 0.25) is 10.0 Å². The predicted molar refractivity (Wildman–Crippen MR) is 197 cm³/mol. The van der Waals surface area contributed by atoms with E-state index in [1.807, 2.05) is 19.1 Å². The second kappa shape index (κ2) is 16.6. The van der Waals surface area contributed by atoms with E-state index in [4.69, 9.17) is 23.2 Å². The molecule has 3 aromatic rings. The Morgan fingerprint density at radius 1 is 0.922 bits per heavy atom. The number of halogens is 2. The lowest BCUT2D eigenvalue weighted by Gasteiger charge is -2.32. The number of amides is 4. The van der Waals surface area contributed by atoms with Crippen LogP contribution < -0.4 is 15.5 Å². The van der Waals surface area contributed by atoms with Crippen LogP contribution in [0, 0.1) is 5.41 Å². The Kier molecular flexibility index (Phi) is 12.2. The number of carbonyl (C=O) groups is 5. The van der Waals surface area contributed by atoms with E-state index in [0.717, 1.165) is 18.4 Å². The number of hydrogen-bond acceptors (Lipinski definition) is 5. The SMILES string of the molecule is CCCC(=O)N1C(Cc2ccc(Cl)cc2)C(=O)N(c2ccc(C=C(NC(=O)C3(CCNC(C)=O)CCCC3)C(=O)O)cc2)C1c1ccc(Cl)cc1. The van der Waals surface area contributed by atoms with Crippen molar-refractivity contribution in [2.75, 3.05) is 11.4 Å². The minimum atomic E-state index is -1.30. The van der Waals surface area contributed by atoms with Gasteiger partial charge in [0.15, 0.2) is 0 Å². The Morgan fingerprint density at radius 3 is 2.10 bits per heavy atom. The van der Waals surface area contributed by atoms with Gasteiger partial charge in [-0.1, -0.05) is 79.4 Å². The number of rotatable bonds is 13. The van der Waals surface area contributed by atoms with Crippen molar-refractivity contribution in [1.82, 2.24) is 15.5 Å². The molecule has 3 N–H and O–H groups in total. The Hall–Kier alpha value is -4.67. The van der Waals surface area contributed by atoms with Gasteiger partial charge in [0.05, 0.1) is 5.41 Å². The van der Waals surface area contributed by atoms with E-state index in [9.17, 15) is 29.1 Å². The molecule has 51 heavy (non-hydrogen) atoms. The summed E-state index contributed by atoms with van der Waals surface area (Å²) in [7, 11) is 0. The van der Waals surface area contributed by atoms with Crippen molar-refractivity contribution in [3.8, 4) is 0 Å². The van der Waals surface area contributed by atoms with Crippen LogP contribution in [0.1, 0.15) is 81.6 Å². The summed E-state index contributed by atoms with van der Waals surface area (Å²) in [5, 5.41) is 16.5.